The highest BCUT2D eigenvalue weighted by Gasteiger charge is 2.24. The van der Waals surface area contributed by atoms with Crippen LogP contribution in [0.1, 0.15) is 16.9 Å². The van der Waals surface area contributed by atoms with Crippen LogP contribution in [0, 0.1) is 0 Å². The van der Waals surface area contributed by atoms with Crippen molar-refractivity contribution in [2.75, 3.05) is 56.7 Å². The van der Waals surface area contributed by atoms with Gasteiger partial charge in [-0.15, -0.1) is 5.10 Å². The highest BCUT2D eigenvalue weighted by molar-refractivity contribution is 7.10. The second-order valence-corrected chi connectivity index (χ2v) is 7.14. The molecule has 0 radical (unpaired) electrons. The summed E-state index contributed by atoms with van der Waals surface area (Å²) in [4.78, 5) is 28.6. The molecule has 3 rings (SSSR count). The molecule has 3 amide bonds. The number of carbonyl (C=O) groups excluding carboxylic acids is 2. The maximum Gasteiger partial charge on any atom is 0.322 e. The van der Waals surface area contributed by atoms with Crippen molar-refractivity contribution in [3.63, 3.8) is 0 Å². The van der Waals surface area contributed by atoms with Gasteiger partial charge < -0.3 is 25.0 Å². The smallest absolute Gasteiger partial charge is 0.322 e. The molecule has 3 N–H and O–H groups in total. The van der Waals surface area contributed by atoms with Gasteiger partial charge in [-0.3, -0.25) is 10.1 Å². The van der Waals surface area contributed by atoms with E-state index in [2.05, 4.69) is 25.1 Å². The maximum absolute atomic E-state index is 12.6. The van der Waals surface area contributed by atoms with Crippen LogP contribution in [0.25, 0.3) is 0 Å². The number of ether oxygens (including phenoxy) is 1. The molecule has 1 aromatic heterocycles. The van der Waals surface area contributed by atoms with Crippen molar-refractivity contribution in [3.05, 3.63) is 30.0 Å². The first-order valence-corrected chi connectivity index (χ1v) is 10.1. The van der Waals surface area contributed by atoms with Crippen molar-refractivity contribution in [3.8, 4) is 5.75 Å². The number of aromatic nitrogens is 2. The number of amides is 3. The lowest BCUT2D eigenvalue weighted by atomic mass is 10.2. The molecular weight excluding hydrogens is 396 g/mol. The van der Waals surface area contributed by atoms with Crippen LogP contribution in [0.15, 0.2) is 24.3 Å². The predicted octanol–water partition coefficient (Wildman–Crippen LogP) is 1.01. The fraction of sp³-hybridized carbons (Fsp3) is 0.444. The van der Waals surface area contributed by atoms with E-state index in [9.17, 15) is 9.59 Å². The molecule has 0 aliphatic carbocycles. The molecule has 1 aromatic carbocycles. The summed E-state index contributed by atoms with van der Waals surface area (Å²) in [7, 11) is 1.63. The second-order valence-electron chi connectivity index (χ2n) is 6.39. The number of methoxy groups -OCH3 is 1. The zero-order valence-corrected chi connectivity index (χ0v) is 16.9. The molecule has 0 saturated carbocycles. The number of nitrogens with one attached hydrogen (secondary N) is 2. The van der Waals surface area contributed by atoms with E-state index in [-0.39, 0.29) is 18.3 Å². The Kier molecular flexibility index (Phi) is 7.19. The van der Waals surface area contributed by atoms with Crippen molar-refractivity contribution in [2.45, 2.75) is 6.42 Å². The minimum atomic E-state index is -0.424. The van der Waals surface area contributed by atoms with E-state index in [0.29, 0.717) is 44.1 Å². The normalized spacial score (nSPS) is 13.9. The Balaban J connectivity index is 1.52. The van der Waals surface area contributed by atoms with Crippen LogP contribution in [-0.4, -0.2) is 78.0 Å². The molecule has 1 aliphatic rings. The van der Waals surface area contributed by atoms with Gasteiger partial charge in [-0.05, 0) is 30.7 Å². The van der Waals surface area contributed by atoms with E-state index < -0.39 is 5.91 Å². The fourth-order valence-corrected chi connectivity index (χ4v) is 3.48. The van der Waals surface area contributed by atoms with Crippen LogP contribution in [0.3, 0.4) is 0 Å². The topological polar surface area (TPSA) is 120 Å². The van der Waals surface area contributed by atoms with Crippen LogP contribution in [0.4, 0.5) is 15.5 Å². The lowest BCUT2D eigenvalue weighted by molar-refractivity contribution is 0.0947. The quantitative estimate of drug-likeness (QED) is 0.572. The molecule has 156 valence electrons. The minimum absolute atomic E-state index is 0.0122. The number of hydrogen-bond acceptors (Lipinski definition) is 8. The molecule has 0 unspecified atom stereocenters. The number of urea groups is 1. The van der Waals surface area contributed by atoms with Gasteiger partial charge in [-0.1, -0.05) is 4.49 Å². The van der Waals surface area contributed by atoms with E-state index in [4.69, 9.17) is 9.84 Å². The van der Waals surface area contributed by atoms with E-state index in [1.54, 1.807) is 12.0 Å². The summed E-state index contributed by atoms with van der Waals surface area (Å²) in [5.41, 5.74) is 1.16. The molecule has 10 nitrogen and oxygen atoms in total. The summed E-state index contributed by atoms with van der Waals surface area (Å²) in [6.07, 6.45) is 0.448. The number of benzene rings is 1. The van der Waals surface area contributed by atoms with Gasteiger partial charge in [0, 0.05) is 56.6 Å². The summed E-state index contributed by atoms with van der Waals surface area (Å²) >= 11 is 0.958. The molecule has 2 heterocycles. The third kappa shape index (κ3) is 5.33. The Morgan fingerprint density at radius 1 is 1.21 bits per heavy atom. The Morgan fingerprint density at radius 2 is 1.93 bits per heavy atom. The molecule has 29 heavy (non-hydrogen) atoms. The largest absolute Gasteiger partial charge is 0.497 e. The first kappa shape index (κ1) is 20.8. The third-order valence-corrected chi connectivity index (χ3v) is 5.19. The number of aliphatic hydroxyl groups is 1. The van der Waals surface area contributed by atoms with Crippen molar-refractivity contribution < 1.29 is 19.4 Å². The monoisotopic (exact) mass is 420 g/mol. The van der Waals surface area contributed by atoms with Gasteiger partial charge in [0.15, 0.2) is 10.7 Å². The van der Waals surface area contributed by atoms with Crippen molar-refractivity contribution in [1.29, 1.82) is 0 Å². The lowest BCUT2D eigenvalue weighted by Gasteiger charge is -2.36. The van der Waals surface area contributed by atoms with Crippen LogP contribution in [0.5, 0.6) is 5.75 Å². The summed E-state index contributed by atoms with van der Waals surface area (Å²) in [5, 5.41) is 18.3. The maximum atomic E-state index is 12.6. The lowest BCUT2D eigenvalue weighted by Crippen LogP contribution is -2.50. The van der Waals surface area contributed by atoms with Crippen LogP contribution in [0.2, 0.25) is 0 Å². The van der Waals surface area contributed by atoms with Crippen LogP contribution >= 0.6 is 11.5 Å². The van der Waals surface area contributed by atoms with Crippen LogP contribution < -0.4 is 20.3 Å². The average Bonchev–Trinajstić information content (AvgIpc) is 3.22. The van der Waals surface area contributed by atoms with E-state index >= 15 is 0 Å². The molecular formula is C18H24N6O4S. The molecule has 1 aliphatic heterocycles. The molecule has 1 fully saturated rings. The molecule has 1 saturated heterocycles. The van der Waals surface area contributed by atoms with Gasteiger partial charge in [0.2, 0.25) is 0 Å². The Labute approximate surface area is 172 Å². The number of rotatable bonds is 7. The number of carbonyl (C=O) groups is 2. The molecule has 11 heteroatoms. The number of nitrogens with zero attached hydrogens (tertiary/aromatic N) is 4. The predicted molar refractivity (Wildman–Crippen MR) is 110 cm³/mol. The molecule has 0 bridgehead atoms. The Hall–Kier alpha value is -2.92. The minimum Gasteiger partial charge on any atom is -0.497 e. The van der Waals surface area contributed by atoms with Gasteiger partial charge in [-0.2, -0.15) is 0 Å². The summed E-state index contributed by atoms with van der Waals surface area (Å²) < 4.78 is 8.95. The van der Waals surface area contributed by atoms with Gasteiger partial charge >= 0.3 is 6.03 Å². The highest BCUT2D eigenvalue weighted by atomic mass is 32.1. The van der Waals surface area contributed by atoms with Gasteiger partial charge in [0.1, 0.15) is 5.75 Å². The zero-order chi connectivity index (χ0) is 20.6. The Morgan fingerprint density at radius 3 is 2.59 bits per heavy atom. The van der Waals surface area contributed by atoms with E-state index in [0.717, 1.165) is 23.0 Å². The third-order valence-electron chi connectivity index (χ3n) is 4.55. The number of hydrogen-bond donors (Lipinski definition) is 3. The number of aliphatic hydroxyl groups excluding tert-OH is 1. The van der Waals surface area contributed by atoms with Crippen molar-refractivity contribution in [1.82, 2.24) is 19.8 Å². The number of piperazine rings is 1. The summed E-state index contributed by atoms with van der Waals surface area (Å²) in [6.45, 7) is 2.84. The first-order chi connectivity index (χ1) is 14.1. The Bertz CT molecular complexity index is 820. The average molecular weight is 420 g/mol. The second kappa shape index (κ2) is 10.0. The van der Waals surface area contributed by atoms with E-state index in [1.165, 1.54) is 0 Å². The van der Waals surface area contributed by atoms with Gasteiger partial charge in [-0.25, -0.2) is 4.79 Å². The molecule has 0 atom stereocenters. The fourth-order valence-electron chi connectivity index (χ4n) is 2.92. The van der Waals surface area contributed by atoms with Crippen LogP contribution in [-0.2, 0) is 0 Å². The number of anilines is 2. The van der Waals surface area contributed by atoms with Crippen molar-refractivity contribution >= 4 is 34.2 Å². The highest BCUT2D eigenvalue weighted by Crippen LogP contribution is 2.22. The first-order valence-electron chi connectivity index (χ1n) is 9.28. The zero-order valence-electron chi connectivity index (χ0n) is 16.1. The van der Waals surface area contributed by atoms with Crippen molar-refractivity contribution in [2.24, 2.45) is 0 Å². The summed E-state index contributed by atoms with van der Waals surface area (Å²) in [6, 6.07) is 7.55. The summed E-state index contributed by atoms with van der Waals surface area (Å²) in [5.74, 6) is 0.382. The standard InChI is InChI=1S/C18H24N6O4S/c1-28-14-5-3-13(4-6-14)23-8-10-24(11-9-23)18(27)20-17-15(21-22-29-17)16(26)19-7-2-12-25/h3-6,25H,2,7-12H2,1H3,(H,19,26)(H,20,27). The molecule has 2 aromatic rings. The van der Waals surface area contributed by atoms with E-state index in [1.807, 2.05) is 24.3 Å². The SMILES string of the molecule is COc1ccc(N2CCN(C(=O)Nc3snnc3C(=O)NCCCO)CC2)cc1. The van der Waals surface area contributed by atoms with Gasteiger partial charge in [0.05, 0.1) is 7.11 Å². The van der Waals surface area contributed by atoms with Gasteiger partial charge in [0.25, 0.3) is 5.91 Å². The molecule has 0 spiro atoms.